The third-order valence-electron chi connectivity index (χ3n) is 1.97. The van der Waals surface area contributed by atoms with Gasteiger partial charge in [-0.3, -0.25) is 0 Å². The van der Waals surface area contributed by atoms with Crippen molar-refractivity contribution in [2.75, 3.05) is 13.6 Å². The molecule has 0 aromatic carbocycles. The molecule has 0 fully saturated rings. The van der Waals surface area contributed by atoms with E-state index >= 15 is 0 Å². The predicted molar refractivity (Wildman–Crippen MR) is 53.3 cm³/mol. The number of halogens is 3. The van der Waals surface area contributed by atoms with Crippen LogP contribution < -0.4 is 51.4 Å². The molecule has 1 aromatic rings. The molecule has 0 unspecified atom stereocenters. The second-order valence-corrected chi connectivity index (χ2v) is 3.54. The van der Waals surface area contributed by atoms with Crippen molar-refractivity contribution in [3.8, 4) is 0 Å². The minimum atomic E-state index is -4.93. The van der Waals surface area contributed by atoms with E-state index in [0.717, 1.165) is 5.56 Å². The summed E-state index contributed by atoms with van der Waals surface area (Å²) in [5.74, 6) is 0. The molecule has 0 amide bonds. The summed E-state index contributed by atoms with van der Waals surface area (Å²) in [5.41, 5.74) is 0.168. The van der Waals surface area contributed by atoms with Gasteiger partial charge in [-0.25, -0.2) is 0 Å². The fourth-order valence-corrected chi connectivity index (χ4v) is 1.20. The van der Waals surface area contributed by atoms with Crippen LogP contribution in [0.1, 0.15) is 5.56 Å². The number of likely N-dealkylation sites (N-methyl/N-ethyl adjacent to an activating group) is 1. The Labute approximate surface area is 135 Å². The molecule has 0 aliphatic carbocycles. The molecule has 0 aliphatic rings. The Hall–Kier alpha value is 0.471. The molecule has 1 aromatic heterocycles. The molecular formula is C9H12BF3KNO. The topological polar surface area (TPSA) is 16.4 Å². The van der Waals surface area contributed by atoms with Crippen LogP contribution in [0.4, 0.5) is 12.9 Å². The maximum atomic E-state index is 12.2. The van der Waals surface area contributed by atoms with Crippen molar-refractivity contribution in [1.29, 1.82) is 0 Å². The van der Waals surface area contributed by atoms with Crippen molar-refractivity contribution in [3.05, 3.63) is 36.2 Å². The van der Waals surface area contributed by atoms with Crippen LogP contribution in [0.5, 0.6) is 0 Å². The molecule has 0 aliphatic heterocycles. The standard InChI is InChI=1S/C9H12BF3NO.K/c1-8(10(11,12)13)5-14(2)6-9-3-4-15-7-9;/h3-4,7H,1,5-6H2,2H3;/q-1;+1. The Morgan fingerprint density at radius 1 is 1.50 bits per heavy atom. The average Bonchev–Trinajstić information content (AvgIpc) is 2.54. The molecule has 0 spiro atoms. The van der Waals surface area contributed by atoms with Gasteiger partial charge >= 0.3 is 58.4 Å². The van der Waals surface area contributed by atoms with Gasteiger partial charge in [0.05, 0.1) is 12.5 Å². The summed E-state index contributed by atoms with van der Waals surface area (Å²) in [6.07, 6.45) is 3.00. The molecule has 7 heteroatoms. The van der Waals surface area contributed by atoms with E-state index < -0.39 is 12.4 Å². The number of furan rings is 1. The molecule has 1 heterocycles. The zero-order chi connectivity index (χ0) is 11.5. The van der Waals surface area contributed by atoms with E-state index in [-0.39, 0.29) is 57.9 Å². The van der Waals surface area contributed by atoms with Crippen LogP contribution in [-0.2, 0) is 6.54 Å². The van der Waals surface area contributed by atoms with E-state index in [2.05, 4.69) is 6.58 Å². The summed E-state index contributed by atoms with van der Waals surface area (Å²) < 4.78 is 41.4. The Balaban J connectivity index is 0.00000225. The summed E-state index contributed by atoms with van der Waals surface area (Å²) in [7, 11) is 1.61. The smallest absolute Gasteiger partial charge is 0.472 e. The Kier molecular flexibility index (Phi) is 7.23. The van der Waals surface area contributed by atoms with Gasteiger partial charge in [-0.15, -0.1) is 12.1 Å². The third-order valence-corrected chi connectivity index (χ3v) is 1.97. The fraction of sp³-hybridized carbons (Fsp3) is 0.333. The van der Waals surface area contributed by atoms with Crippen LogP contribution in [0.25, 0.3) is 0 Å². The van der Waals surface area contributed by atoms with Crippen LogP contribution in [-0.4, -0.2) is 25.5 Å². The normalized spacial score (nSPS) is 11.3. The molecule has 0 bridgehead atoms. The molecule has 0 atom stereocenters. The summed E-state index contributed by atoms with van der Waals surface area (Å²) in [5, 5.41) is 0. The zero-order valence-corrected chi connectivity index (χ0v) is 12.5. The first-order valence-electron chi connectivity index (χ1n) is 4.47. The van der Waals surface area contributed by atoms with Gasteiger partial charge in [-0.1, -0.05) is 0 Å². The van der Waals surface area contributed by atoms with Gasteiger partial charge in [0.1, 0.15) is 0 Å². The monoisotopic (exact) mass is 257 g/mol. The van der Waals surface area contributed by atoms with Crippen molar-refractivity contribution in [3.63, 3.8) is 0 Å². The van der Waals surface area contributed by atoms with Gasteiger partial charge in [0.2, 0.25) is 0 Å². The van der Waals surface area contributed by atoms with E-state index in [1.165, 1.54) is 12.5 Å². The van der Waals surface area contributed by atoms with Crippen LogP contribution in [0.2, 0.25) is 0 Å². The minimum absolute atomic E-state index is 0. The first-order chi connectivity index (χ1) is 6.89. The maximum absolute atomic E-state index is 12.2. The SMILES string of the molecule is C=C(CN(C)Cc1ccoc1)[B-](F)(F)F.[K+]. The van der Waals surface area contributed by atoms with Gasteiger partial charge in [0.25, 0.3) is 0 Å². The zero-order valence-electron chi connectivity index (χ0n) is 9.42. The van der Waals surface area contributed by atoms with Crippen LogP contribution in [0.15, 0.2) is 35.1 Å². The average molecular weight is 257 g/mol. The molecule has 0 N–H and O–H groups in total. The van der Waals surface area contributed by atoms with E-state index in [9.17, 15) is 12.9 Å². The second-order valence-electron chi connectivity index (χ2n) is 3.54. The molecule has 1 rings (SSSR count). The van der Waals surface area contributed by atoms with E-state index in [1.807, 2.05) is 0 Å². The van der Waals surface area contributed by atoms with Crippen LogP contribution in [0, 0.1) is 0 Å². The number of nitrogens with zero attached hydrogens (tertiary/aromatic N) is 1. The molecule has 2 nitrogen and oxygen atoms in total. The largest absolute Gasteiger partial charge is 1.00 e. The predicted octanol–water partition coefficient (Wildman–Crippen LogP) is -0.342. The quantitative estimate of drug-likeness (QED) is 0.671. The van der Waals surface area contributed by atoms with Crippen molar-refractivity contribution in [1.82, 2.24) is 4.90 Å². The summed E-state index contributed by atoms with van der Waals surface area (Å²) in [4.78, 5) is 1.54. The molecule has 0 saturated heterocycles. The summed E-state index contributed by atoms with van der Waals surface area (Å²) >= 11 is 0. The fourth-order valence-electron chi connectivity index (χ4n) is 1.20. The van der Waals surface area contributed by atoms with E-state index in [0.29, 0.717) is 6.54 Å². The third kappa shape index (κ3) is 5.70. The van der Waals surface area contributed by atoms with E-state index in [1.54, 1.807) is 18.0 Å². The molecule has 0 radical (unpaired) electrons. The van der Waals surface area contributed by atoms with Crippen LogP contribution >= 0.6 is 0 Å². The van der Waals surface area contributed by atoms with Crippen molar-refractivity contribution >= 4 is 6.98 Å². The number of hydrogen-bond donors (Lipinski definition) is 0. The van der Waals surface area contributed by atoms with Gasteiger partial charge < -0.3 is 22.3 Å². The number of rotatable bonds is 5. The first-order valence-corrected chi connectivity index (χ1v) is 4.47. The van der Waals surface area contributed by atoms with Gasteiger partial charge in [-0.05, 0) is 19.7 Å². The minimum Gasteiger partial charge on any atom is -0.472 e. The van der Waals surface area contributed by atoms with Gasteiger partial charge in [0.15, 0.2) is 0 Å². The first kappa shape index (κ1) is 16.5. The summed E-state index contributed by atoms with van der Waals surface area (Å²) in [6, 6.07) is 1.72. The van der Waals surface area contributed by atoms with Gasteiger partial charge in [-0.2, -0.15) is 0 Å². The maximum Gasteiger partial charge on any atom is 1.00 e. The molecular weight excluding hydrogens is 245 g/mol. The van der Waals surface area contributed by atoms with Crippen molar-refractivity contribution in [2.24, 2.45) is 0 Å². The van der Waals surface area contributed by atoms with E-state index in [4.69, 9.17) is 4.42 Å². The van der Waals surface area contributed by atoms with Crippen molar-refractivity contribution < 1.29 is 68.7 Å². The number of hydrogen-bond acceptors (Lipinski definition) is 2. The summed E-state index contributed by atoms with van der Waals surface area (Å²) in [6.45, 7) is -1.65. The van der Waals surface area contributed by atoms with Gasteiger partial charge in [0, 0.05) is 12.1 Å². The second kappa shape index (κ2) is 7.03. The Morgan fingerprint density at radius 3 is 2.56 bits per heavy atom. The Bertz CT molecular complexity index is 326. The molecule has 16 heavy (non-hydrogen) atoms. The van der Waals surface area contributed by atoms with Crippen molar-refractivity contribution in [2.45, 2.75) is 6.54 Å². The van der Waals surface area contributed by atoms with Crippen LogP contribution in [0.3, 0.4) is 0 Å². The molecule has 0 saturated carbocycles. The molecule has 84 valence electrons. The Morgan fingerprint density at radius 2 is 2.12 bits per heavy atom.